The molecule has 0 saturated carbocycles. The summed E-state index contributed by atoms with van der Waals surface area (Å²) in [5.74, 6) is 0.376. The lowest BCUT2D eigenvalue weighted by molar-refractivity contribution is 0.000815. The molecule has 8 heteroatoms. The minimum atomic E-state index is 0.137. The van der Waals surface area contributed by atoms with Gasteiger partial charge in [-0.2, -0.15) is 0 Å². The highest BCUT2D eigenvalue weighted by Crippen LogP contribution is 2.33. The molecule has 0 aliphatic carbocycles. The Bertz CT molecular complexity index is 758. The first-order valence-corrected chi connectivity index (χ1v) is 11.7. The molecule has 32 heavy (non-hydrogen) atoms. The van der Waals surface area contributed by atoms with Gasteiger partial charge in [-0.15, -0.1) is 0 Å². The Balaban J connectivity index is 0.00000176. The van der Waals surface area contributed by atoms with Crippen molar-refractivity contribution in [2.75, 3.05) is 39.8 Å². The maximum atomic E-state index is 10.1. The summed E-state index contributed by atoms with van der Waals surface area (Å²) in [4.78, 5) is 4.81. The summed E-state index contributed by atoms with van der Waals surface area (Å²) < 4.78 is 5.92. The van der Waals surface area contributed by atoms with Gasteiger partial charge in [0.25, 0.3) is 0 Å². The fourth-order valence-corrected chi connectivity index (χ4v) is 4.66. The van der Waals surface area contributed by atoms with Crippen molar-refractivity contribution in [2.45, 2.75) is 51.8 Å². The third-order valence-corrected chi connectivity index (χ3v) is 6.03. The van der Waals surface area contributed by atoms with Crippen LogP contribution in [0.3, 0.4) is 0 Å². The zero-order valence-electron chi connectivity index (χ0n) is 20.1. The number of rotatable bonds is 9. The fourth-order valence-electron chi connectivity index (χ4n) is 4.66. The largest absolute Gasteiger partial charge is 0.507 e. The molecule has 0 amide bonds. The van der Waals surface area contributed by atoms with Crippen LogP contribution in [0.25, 0.3) is 5.70 Å². The van der Waals surface area contributed by atoms with E-state index in [9.17, 15) is 5.11 Å². The average molecular weight is 447 g/mol. The summed E-state index contributed by atoms with van der Waals surface area (Å²) in [7, 11) is 1.96. The van der Waals surface area contributed by atoms with Gasteiger partial charge in [0.05, 0.1) is 11.8 Å². The van der Waals surface area contributed by atoms with Crippen molar-refractivity contribution in [3.63, 3.8) is 0 Å². The van der Waals surface area contributed by atoms with Crippen LogP contribution in [0.15, 0.2) is 41.9 Å². The third kappa shape index (κ3) is 6.31. The lowest BCUT2D eigenvalue weighted by Crippen LogP contribution is -2.56. The van der Waals surface area contributed by atoms with Gasteiger partial charge in [-0.05, 0) is 45.0 Å². The van der Waals surface area contributed by atoms with Crippen LogP contribution in [0.4, 0.5) is 0 Å². The highest BCUT2D eigenvalue weighted by atomic mass is 16.5. The normalized spacial score (nSPS) is 21.6. The maximum absolute atomic E-state index is 10.1. The fraction of sp³-hybridized carbons (Fsp3) is 0.583. The Labute approximate surface area is 193 Å². The summed E-state index contributed by atoms with van der Waals surface area (Å²) in [6, 6.07) is 7.85. The summed E-state index contributed by atoms with van der Waals surface area (Å²) in [6.07, 6.45) is 4.26. The molecule has 2 aliphatic heterocycles. The summed E-state index contributed by atoms with van der Waals surface area (Å²) >= 11 is 0. The van der Waals surface area contributed by atoms with Gasteiger partial charge in [0.2, 0.25) is 0 Å². The number of phenolic OH excluding ortho intramolecular Hbond substituents is 1. The first-order chi connectivity index (χ1) is 15.4. The number of para-hydroxylation sites is 1. The first-order valence-electron chi connectivity index (χ1n) is 11.7. The highest BCUT2D eigenvalue weighted by molar-refractivity contribution is 5.69. The van der Waals surface area contributed by atoms with Crippen molar-refractivity contribution >= 4 is 5.70 Å². The van der Waals surface area contributed by atoms with Crippen LogP contribution in [0.2, 0.25) is 0 Å². The predicted molar refractivity (Wildman–Crippen MR) is 131 cm³/mol. The van der Waals surface area contributed by atoms with Crippen molar-refractivity contribution in [1.29, 1.82) is 0 Å². The minimum Gasteiger partial charge on any atom is -0.507 e. The van der Waals surface area contributed by atoms with Gasteiger partial charge in [0.15, 0.2) is 0 Å². The van der Waals surface area contributed by atoms with E-state index < -0.39 is 0 Å². The van der Waals surface area contributed by atoms with Gasteiger partial charge in [-0.25, -0.2) is 0 Å². The molecule has 0 aromatic heterocycles. The molecule has 1 aromatic rings. The van der Waals surface area contributed by atoms with E-state index in [1.54, 1.807) is 24.3 Å². The number of aromatic hydroxyl groups is 1. The van der Waals surface area contributed by atoms with Crippen molar-refractivity contribution in [2.24, 2.45) is 17.2 Å². The number of hydrogen-bond donors (Lipinski definition) is 5. The Hall–Kier alpha value is -2.42. The van der Waals surface area contributed by atoms with Crippen LogP contribution in [0, 0.1) is 0 Å². The lowest BCUT2D eigenvalue weighted by atomic mass is 10.1. The van der Waals surface area contributed by atoms with E-state index in [-0.39, 0.29) is 17.7 Å². The van der Waals surface area contributed by atoms with E-state index in [0.29, 0.717) is 30.0 Å². The van der Waals surface area contributed by atoms with Crippen molar-refractivity contribution in [1.82, 2.24) is 15.1 Å². The quantitative estimate of drug-likeness (QED) is 0.362. The number of nitrogens with one attached hydrogen (secondary N) is 1. The summed E-state index contributed by atoms with van der Waals surface area (Å²) in [6.45, 7) is 10.2. The first kappa shape index (κ1) is 25.8. The molecule has 0 radical (unpaired) electrons. The second-order valence-electron chi connectivity index (χ2n) is 8.08. The second kappa shape index (κ2) is 12.6. The van der Waals surface area contributed by atoms with Crippen LogP contribution in [-0.2, 0) is 4.74 Å². The van der Waals surface area contributed by atoms with Gasteiger partial charge in [0.1, 0.15) is 11.6 Å². The standard InChI is InChI=1S/C22H36N6O2.C2H6/c1-3-30-17(11-26-2)14-28-15-8-9-16(28)13-27(12-15)20(22(24)25)10-19(23)18-6-4-5-7-21(18)29;1-2/h4-7,10,15-17,26,29H,3,8-9,11-14,23-25H2,1-2H3;1-2H3/b19-10-;. The van der Waals surface area contributed by atoms with E-state index in [1.165, 1.54) is 0 Å². The topological polar surface area (TPSA) is 126 Å². The molecule has 2 bridgehead atoms. The van der Waals surface area contributed by atoms with E-state index in [0.717, 1.165) is 44.7 Å². The van der Waals surface area contributed by atoms with Gasteiger partial charge >= 0.3 is 0 Å². The molecule has 2 aliphatic rings. The number of hydrogen-bond acceptors (Lipinski definition) is 8. The highest BCUT2D eigenvalue weighted by Gasteiger charge is 2.41. The Morgan fingerprint density at radius 3 is 2.34 bits per heavy atom. The third-order valence-electron chi connectivity index (χ3n) is 6.03. The molecular formula is C24H42N6O2. The van der Waals surface area contributed by atoms with Crippen LogP contribution in [-0.4, -0.2) is 72.9 Å². The maximum Gasteiger partial charge on any atom is 0.124 e. The Kier molecular flexibility index (Phi) is 10.2. The summed E-state index contributed by atoms with van der Waals surface area (Å²) in [5, 5.41) is 13.3. The molecule has 8 N–H and O–H groups in total. The van der Waals surface area contributed by atoms with E-state index >= 15 is 0 Å². The molecular weight excluding hydrogens is 404 g/mol. The number of phenols is 1. The van der Waals surface area contributed by atoms with Crippen LogP contribution in [0.5, 0.6) is 5.75 Å². The Morgan fingerprint density at radius 2 is 1.81 bits per heavy atom. The molecule has 3 atom stereocenters. The molecule has 3 unspecified atom stereocenters. The van der Waals surface area contributed by atoms with E-state index in [4.69, 9.17) is 21.9 Å². The molecule has 8 nitrogen and oxygen atoms in total. The number of ether oxygens (including phenoxy) is 1. The molecule has 2 heterocycles. The van der Waals surface area contributed by atoms with Crippen molar-refractivity contribution in [3.8, 4) is 5.75 Å². The molecule has 1 aromatic carbocycles. The average Bonchev–Trinajstić information content (AvgIpc) is 3.00. The van der Waals surface area contributed by atoms with Crippen LogP contribution in [0.1, 0.15) is 39.2 Å². The molecule has 180 valence electrons. The SMILES string of the molecule is CC.CCOC(CNC)CN1C2CCC1CN(C(/C=C(\N)c1ccccc1O)=C(N)N)C2. The van der Waals surface area contributed by atoms with E-state index in [1.807, 2.05) is 33.9 Å². The minimum absolute atomic E-state index is 0.137. The van der Waals surface area contributed by atoms with Crippen molar-refractivity contribution in [3.05, 3.63) is 47.4 Å². The number of piperazine rings is 1. The smallest absolute Gasteiger partial charge is 0.124 e. The van der Waals surface area contributed by atoms with Crippen LogP contribution < -0.4 is 22.5 Å². The number of allylic oxidation sites excluding steroid dienone is 1. The van der Waals surface area contributed by atoms with Gasteiger partial charge in [0, 0.05) is 56.1 Å². The molecule has 3 rings (SSSR count). The van der Waals surface area contributed by atoms with Crippen molar-refractivity contribution < 1.29 is 9.84 Å². The van der Waals surface area contributed by atoms with Gasteiger partial charge < -0.3 is 37.3 Å². The number of nitrogens with two attached hydrogens (primary N) is 3. The van der Waals surface area contributed by atoms with Gasteiger partial charge in [-0.1, -0.05) is 26.0 Å². The zero-order valence-corrected chi connectivity index (χ0v) is 20.1. The number of likely N-dealkylation sites (N-methyl/N-ethyl adjacent to an activating group) is 1. The zero-order chi connectivity index (χ0) is 23.7. The number of benzene rings is 1. The second-order valence-corrected chi connectivity index (χ2v) is 8.08. The van der Waals surface area contributed by atoms with Crippen LogP contribution >= 0.6 is 0 Å². The number of fused-ring (bicyclic) bond motifs is 2. The number of likely N-dealkylation sites (tertiary alicyclic amines) is 1. The lowest BCUT2D eigenvalue weighted by Gasteiger charge is -2.43. The molecule has 2 saturated heterocycles. The predicted octanol–water partition coefficient (Wildman–Crippen LogP) is 1.58. The molecule has 0 spiro atoms. The summed E-state index contributed by atoms with van der Waals surface area (Å²) in [5.41, 5.74) is 20.1. The number of nitrogens with zero attached hydrogens (tertiary/aromatic N) is 2. The monoisotopic (exact) mass is 446 g/mol. The molecule has 2 fully saturated rings. The van der Waals surface area contributed by atoms with Gasteiger partial charge in [-0.3, -0.25) is 4.90 Å². The van der Waals surface area contributed by atoms with E-state index in [2.05, 4.69) is 15.1 Å². The Morgan fingerprint density at radius 1 is 1.19 bits per heavy atom.